The molecule has 0 radical (unpaired) electrons. The van der Waals surface area contributed by atoms with Crippen LogP contribution in [0.4, 0.5) is 5.82 Å². The van der Waals surface area contributed by atoms with Crippen molar-refractivity contribution in [1.82, 2.24) is 4.98 Å². The first-order chi connectivity index (χ1) is 7.41. The van der Waals surface area contributed by atoms with Gasteiger partial charge in [-0.1, -0.05) is 11.6 Å². The molecule has 1 heterocycles. The van der Waals surface area contributed by atoms with Gasteiger partial charge in [-0.2, -0.15) is 0 Å². The van der Waals surface area contributed by atoms with Gasteiger partial charge < -0.3 is 4.90 Å². The Morgan fingerprint density at radius 3 is 2.81 bits per heavy atom. The van der Waals surface area contributed by atoms with E-state index in [0.29, 0.717) is 10.8 Å². The van der Waals surface area contributed by atoms with Crippen molar-refractivity contribution >= 4 is 44.1 Å². The van der Waals surface area contributed by atoms with E-state index in [-0.39, 0.29) is 6.04 Å². The Hall–Kier alpha value is -0.130. The summed E-state index contributed by atoms with van der Waals surface area (Å²) in [6, 6.07) is 1.96. The van der Waals surface area contributed by atoms with Gasteiger partial charge in [0.05, 0.1) is 9.50 Å². The minimum atomic E-state index is -0.812. The van der Waals surface area contributed by atoms with Crippen molar-refractivity contribution in [3.8, 4) is 0 Å². The Kier molecular flexibility index (Phi) is 5.21. The van der Waals surface area contributed by atoms with Gasteiger partial charge in [-0.05, 0) is 28.9 Å². The quantitative estimate of drug-likeness (QED) is 0.853. The first-order valence-electron chi connectivity index (χ1n) is 4.75. The summed E-state index contributed by atoms with van der Waals surface area (Å²) in [5.74, 6) is 1.43. The first kappa shape index (κ1) is 13.9. The third-order valence-corrected chi connectivity index (χ3v) is 4.00. The zero-order chi connectivity index (χ0) is 12.3. The molecule has 0 aromatic carbocycles. The molecular weight excluding hydrogens is 312 g/mol. The Morgan fingerprint density at radius 1 is 1.69 bits per heavy atom. The predicted octanol–water partition coefficient (Wildman–Crippen LogP) is 2.70. The third kappa shape index (κ3) is 3.71. The number of nitrogens with zero attached hydrogens (tertiary/aromatic N) is 2. The van der Waals surface area contributed by atoms with Crippen molar-refractivity contribution in [2.45, 2.75) is 13.0 Å². The summed E-state index contributed by atoms with van der Waals surface area (Å²) in [4.78, 5) is 6.24. The summed E-state index contributed by atoms with van der Waals surface area (Å²) in [5, 5.41) is 0.593. The Labute approximate surface area is 112 Å². The fourth-order valence-corrected chi connectivity index (χ4v) is 3.15. The molecule has 1 aromatic rings. The van der Waals surface area contributed by atoms with Crippen LogP contribution in [0, 0.1) is 0 Å². The summed E-state index contributed by atoms with van der Waals surface area (Å²) in [6.45, 7) is 2.02. The van der Waals surface area contributed by atoms with Crippen molar-refractivity contribution < 1.29 is 4.21 Å². The van der Waals surface area contributed by atoms with E-state index >= 15 is 0 Å². The smallest absolute Gasteiger partial charge is 0.142 e. The van der Waals surface area contributed by atoms with Crippen molar-refractivity contribution in [1.29, 1.82) is 0 Å². The van der Waals surface area contributed by atoms with Crippen LogP contribution in [0.25, 0.3) is 0 Å². The monoisotopic (exact) mass is 324 g/mol. The fraction of sp³-hybridized carbons (Fsp3) is 0.500. The molecule has 0 unspecified atom stereocenters. The van der Waals surface area contributed by atoms with Gasteiger partial charge in [0.15, 0.2) is 0 Å². The van der Waals surface area contributed by atoms with Crippen LogP contribution in [0.2, 0.25) is 5.02 Å². The van der Waals surface area contributed by atoms with Crippen LogP contribution in [0.1, 0.15) is 6.92 Å². The second-order valence-electron chi connectivity index (χ2n) is 3.66. The number of anilines is 1. The van der Waals surface area contributed by atoms with Crippen LogP contribution in [0.15, 0.2) is 16.7 Å². The topological polar surface area (TPSA) is 33.2 Å². The van der Waals surface area contributed by atoms with E-state index in [2.05, 4.69) is 20.9 Å². The van der Waals surface area contributed by atoms with E-state index in [0.717, 1.165) is 10.3 Å². The first-order valence-corrected chi connectivity index (χ1v) is 7.65. The Morgan fingerprint density at radius 2 is 2.31 bits per heavy atom. The molecule has 0 spiro atoms. The van der Waals surface area contributed by atoms with Crippen molar-refractivity contribution in [2.75, 3.05) is 24.0 Å². The molecule has 16 heavy (non-hydrogen) atoms. The number of hydrogen-bond acceptors (Lipinski definition) is 3. The molecule has 1 rings (SSSR count). The van der Waals surface area contributed by atoms with Crippen molar-refractivity contribution in [2.24, 2.45) is 0 Å². The van der Waals surface area contributed by atoms with Crippen LogP contribution in [-0.4, -0.2) is 34.3 Å². The number of aromatic nitrogens is 1. The summed E-state index contributed by atoms with van der Waals surface area (Å²) in [6.07, 6.45) is 3.31. The molecular formula is C10H14BrClN2OS. The summed E-state index contributed by atoms with van der Waals surface area (Å²) in [5.41, 5.74) is 0. The average molecular weight is 326 g/mol. The van der Waals surface area contributed by atoms with E-state index in [9.17, 15) is 4.21 Å². The van der Waals surface area contributed by atoms with Crippen molar-refractivity contribution in [3.63, 3.8) is 0 Å². The maximum absolute atomic E-state index is 11.2. The SMILES string of the molecule is C[C@@H](C[S@@](C)=O)N(C)c1ncc(Cl)cc1Br. The van der Waals surface area contributed by atoms with Crippen LogP contribution >= 0.6 is 27.5 Å². The molecule has 0 saturated heterocycles. The molecule has 0 fully saturated rings. The zero-order valence-corrected chi connectivity index (χ0v) is 12.6. The summed E-state index contributed by atoms with van der Waals surface area (Å²) < 4.78 is 12.0. The van der Waals surface area contributed by atoms with Gasteiger partial charge in [-0.15, -0.1) is 0 Å². The highest BCUT2D eigenvalue weighted by atomic mass is 79.9. The van der Waals surface area contributed by atoms with Crippen molar-refractivity contribution in [3.05, 3.63) is 21.8 Å². The third-order valence-electron chi connectivity index (χ3n) is 2.26. The van der Waals surface area contributed by atoms with Gasteiger partial charge in [0.25, 0.3) is 0 Å². The lowest BCUT2D eigenvalue weighted by Crippen LogP contribution is -2.34. The molecule has 3 nitrogen and oxygen atoms in total. The van der Waals surface area contributed by atoms with Crippen LogP contribution in [-0.2, 0) is 10.8 Å². The number of halogens is 2. The average Bonchev–Trinajstić information content (AvgIpc) is 2.15. The lowest BCUT2D eigenvalue weighted by molar-refractivity contribution is 0.673. The largest absolute Gasteiger partial charge is 0.355 e. The van der Waals surface area contributed by atoms with Gasteiger partial charge in [0.2, 0.25) is 0 Å². The summed E-state index contributed by atoms with van der Waals surface area (Å²) >= 11 is 9.24. The van der Waals surface area contributed by atoms with E-state index in [1.165, 1.54) is 0 Å². The normalized spacial score (nSPS) is 14.6. The Balaban J connectivity index is 2.87. The van der Waals surface area contributed by atoms with E-state index in [1.54, 1.807) is 18.5 Å². The molecule has 0 saturated carbocycles. The number of hydrogen-bond donors (Lipinski definition) is 0. The lowest BCUT2D eigenvalue weighted by atomic mass is 10.3. The molecule has 0 amide bonds. The molecule has 0 aliphatic carbocycles. The number of pyridine rings is 1. The molecule has 0 aliphatic rings. The van der Waals surface area contributed by atoms with Crippen LogP contribution < -0.4 is 4.90 Å². The lowest BCUT2D eigenvalue weighted by Gasteiger charge is -2.26. The second-order valence-corrected chi connectivity index (χ2v) is 6.43. The maximum atomic E-state index is 11.2. The molecule has 0 N–H and O–H groups in total. The fourth-order valence-electron chi connectivity index (χ4n) is 1.33. The van der Waals surface area contributed by atoms with E-state index < -0.39 is 10.8 Å². The van der Waals surface area contributed by atoms with Crippen LogP contribution in [0.3, 0.4) is 0 Å². The minimum absolute atomic E-state index is 0.163. The van der Waals surface area contributed by atoms with Gasteiger partial charge >= 0.3 is 0 Å². The maximum Gasteiger partial charge on any atom is 0.142 e. The van der Waals surface area contributed by atoms with Gasteiger partial charge in [0, 0.05) is 42.1 Å². The van der Waals surface area contributed by atoms with Crippen LogP contribution in [0.5, 0.6) is 0 Å². The van der Waals surface area contributed by atoms with E-state index in [4.69, 9.17) is 11.6 Å². The molecule has 1 aromatic heterocycles. The highest BCUT2D eigenvalue weighted by Crippen LogP contribution is 2.26. The molecule has 0 aliphatic heterocycles. The summed E-state index contributed by atoms with van der Waals surface area (Å²) in [7, 11) is 1.12. The van der Waals surface area contributed by atoms with Gasteiger partial charge in [0.1, 0.15) is 5.82 Å². The highest BCUT2D eigenvalue weighted by molar-refractivity contribution is 9.10. The van der Waals surface area contributed by atoms with E-state index in [1.807, 2.05) is 18.9 Å². The molecule has 90 valence electrons. The molecule has 6 heteroatoms. The standard InChI is InChI=1S/C10H14BrClN2OS/c1-7(6-16(3)15)14(2)10-9(11)4-8(12)5-13-10/h4-5,7H,6H2,1-3H3/t7-,16+/m0/s1. The minimum Gasteiger partial charge on any atom is -0.355 e. The van der Waals surface area contributed by atoms with Gasteiger partial charge in [-0.3, -0.25) is 4.21 Å². The number of rotatable bonds is 4. The predicted molar refractivity (Wildman–Crippen MR) is 73.7 cm³/mol. The highest BCUT2D eigenvalue weighted by Gasteiger charge is 2.15. The molecule has 2 atom stereocenters. The molecule has 0 bridgehead atoms. The second kappa shape index (κ2) is 5.98. The Bertz CT molecular complexity index is 402. The zero-order valence-electron chi connectivity index (χ0n) is 9.41. The van der Waals surface area contributed by atoms with Gasteiger partial charge in [-0.25, -0.2) is 4.98 Å².